The van der Waals surface area contributed by atoms with Crippen LogP contribution in [-0.2, 0) is 27.6 Å². The van der Waals surface area contributed by atoms with Crippen molar-refractivity contribution in [1.82, 2.24) is 0 Å². The summed E-state index contributed by atoms with van der Waals surface area (Å²) in [5.74, 6) is 0.560. The first-order valence-corrected chi connectivity index (χ1v) is 11.7. The Labute approximate surface area is 209 Å². The minimum atomic E-state index is -0.163. The Morgan fingerprint density at radius 1 is 0.788 bits per heavy atom. The van der Waals surface area contributed by atoms with Crippen LogP contribution >= 0.6 is 0 Å². The molecule has 1 aliphatic carbocycles. The first-order chi connectivity index (χ1) is 15.0. The molecule has 0 amide bonds. The van der Waals surface area contributed by atoms with Gasteiger partial charge in [-0.05, 0) is 47.4 Å². The van der Waals surface area contributed by atoms with Crippen molar-refractivity contribution >= 4 is 12.4 Å². The van der Waals surface area contributed by atoms with Gasteiger partial charge < -0.3 is 10.2 Å². The second-order valence-electron chi connectivity index (χ2n) is 11.0. The molecule has 33 heavy (non-hydrogen) atoms. The van der Waals surface area contributed by atoms with Crippen molar-refractivity contribution in [3.63, 3.8) is 0 Å². The van der Waals surface area contributed by atoms with Gasteiger partial charge in [-0.2, -0.15) is 0 Å². The second kappa shape index (κ2) is 10.9. The Morgan fingerprint density at radius 2 is 1.33 bits per heavy atom. The third-order valence-electron chi connectivity index (χ3n) is 6.25. The fourth-order valence-electron chi connectivity index (χ4n) is 4.15. The molecule has 0 saturated heterocycles. The third-order valence-corrected chi connectivity index (χ3v) is 6.25. The number of phenols is 2. The molecule has 0 spiro atoms. The van der Waals surface area contributed by atoms with E-state index in [2.05, 4.69) is 53.7 Å². The number of hydrogen-bond donors (Lipinski definition) is 2. The first-order valence-electron chi connectivity index (χ1n) is 11.7. The number of rotatable bonds is 4. The van der Waals surface area contributed by atoms with Crippen molar-refractivity contribution in [2.75, 3.05) is 0 Å². The Kier molecular flexibility index (Phi) is 8.94. The zero-order valence-electron chi connectivity index (χ0n) is 20.7. The van der Waals surface area contributed by atoms with Crippen LogP contribution in [0.15, 0.2) is 46.4 Å². The summed E-state index contributed by atoms with van der Waals surface area (Å²) in [6, 6.07) is 11.6. The molecule has 1 fully saturated rings. The number of para-hydroxylation sites is 1. The first kappa shape index (κ1) is 27.1. The molecule has 2 N–H and O–H groups in total. The molecule has 0 heterocycles. The SMILES string of the molecule is CC(C)(C)c1cc(C=N[C@@H]2CCCC[C@H]2N=Cc2ccccc2O)c(O)c(C(C)(C)C)c1.[Co]. The fraction of sp³-hybridized carbons (Fsp3) is 0.500. The van der Waals surface area contributed by atoms with E-state index in [0.717, 1.165) is 42.4 Å². The summed E-state index contributed by atoms with van der Waals surface area (Å²) in [6.45, 7) is 13.0. The van der Waals surface area contributed by atoms with Crippen LogP contribution in [0.25, 0.3) is 0 Å². The molecular weight excluding hydrogens is 455 g/mol. The fourth-order valence-corrected chi connectivity index (χ4v) is 4.15. The smallest absolute Gasteiger partial charge is 0.128 e. The van der Waals surface area contributed by atoms with Crippen LogP contribution in [-0.4, -0.2) is 34.7 Å². The standard InChI is InChI=1S/C28H38N2O2.Co/c1-27(2,3)21-15-20(26(32)22(16-21)28(4,5)6)18-30-24-13-9-8-12-23(24)29-17-19-11-7-10-14-25(19)31;/h7,10-11,14-18,23-24,31-32H,8-9,12-13H2,1-6H3;/t23-,24-;/m1./s1. The average molecular weight is 494 g/mol. The van der Waals surface area contributed by atoms with E-state index in [9.17, 15) is 10.2 Å². The molecule has 2 atom stereocenters. The van der Waals surface area contributed by atoms with Gasteiger partial charge in [0.1, 0.15) is 11.5 Å². The van der Waals surface area contributed by atoms with Crippen LogP contribution in [0.3, 0.4) is 0 Å². The monoisotopic (exact) mass is 493 g/mol. The molecular formula is C28H38CoN2O2. The molecule has 1 radical (unpaired) electrons. The summed E-state index contributed by atoms with van der Waals surface area (Å²) in [4.78, 5) is 9.70. The van der Waals surface area contributed by atoms with Crippen LogP contribution < -0.4 is 0 Å². The van der Waals surface area contributed by atoms with Gasteiger partial charge >= 0.3 is 0 Å². The molecule has 0 unspecified atom stereocenters. The molecule has 4 nitrogen and oxygen atoms in total. The molecule has 1 aliphatic rings. The van der Waals surface area contributed by atoms with Gasteiger partial charge in [-0.1, -0.05) is 72.6 Å². The van der Waals surface area contributed by atoms with E-state index in [1.54, 1.807) is 12.3 Å². The number of hydrogen-bond acceptors (Lipinski definition) is 4. The number of nitrogens with zero attached hydrogens (tertiary/aromatic N) is 2. The van der Waals surface area contributed by atoms with Crippen LogP contribution in [0.1, 0.15) is 89.5 Å². The number of aromatic hydroxyl groups is 2. The maximum absolute atomic E-state index is 11.0. The van der Waals surface area contributed by atoms with Gasteiger partial charge in [-0.25, -0.2) is 0 Å². The maximum Gasteiger partial charge on any atom is 0.128 e. The predicted molar refractivity (Wildman–Crippen MR) is 135 cm³/mol. The number of aliphatic imine (C=N–C) groups is 2. The number of phenolic OH excluding ortho intramolecular Hbond substituents is 2. The minimum Gasteiger partial charge on any atom is -0.507 e. The molecule has 5 heteroatoms. The van der Waals surface area contributed by atoms with Gasteiger partial charge in [0, 0.05) is 45.9 Å². The Morgan fingerprint density at radius 3 is 1.85 bits per heavy atom. The topological polar surface area (TPSA) is 65.2 Å². The predicted octanol–water partition coefficient (Wildman–Crippen LogP) is 6.54. The van der Waals surface area contributed by atoms with Gasteiger partial charge in [0.15, 0.2) is 0 Å². The van der Waals surface area contributed by atoms with Crippen LogP contribution in [0.2, 0.25) is 0 Å². The summed E-state index contributed by atoms with van der Waals surface area (Å²) in [6.07, 6.45) is 7.83. The summed E-state index contributed by atoms with van der Waals surface area (Å²) in [5, 5.41) is 21.1. The van der Waals surface area contributed by atoms with Crippen molar-refractivity contribution < 1.29 is 27.0 Å². The summed E-state index contributed by atoms with van der Waals surface area (Å²) in [5.41, 5.74) is 3.46. The van der Waals surface area contributed by atoms with E-state index in [-0.39, 0.29) is 45.4 Å². The van der Waals surface area contributed by atoms with Crippen LogP contribution in [0.5, 0.6) is 11.5 Å². The van der Waals surface area contributed by atoms with Gasteiger partial charge in [0.2, 0.25) is 0 Å². The molecule has 2 aromatic carbocycles. The Balaban J connectivity index is 0.00000385. The van der Waals surface area contributed by atoms with Gasteiger partial charge in [-0.3, -0.25) is 9.98 Å². The maximum atomic E-state index is 11.0. The Hall–Kier alpha value is -2.11. The van der Waals surface area contributed by atoms with E-state index >= 15 is 0 Å². The average Bonchev–Trinajstić information content (AvgIpc) is 2.71. The van der Waals surface area contributed by atoms with E-state index in [1.807, 2.05) is 24.4 Å². The zero-order chi connectivity index (χ0) is 23.5. The third kappa shape index (κ3) is 6.94. The molecule has 0 bridgehead atoms. The van der Waals surface area contributed by atoms with E-state index in [0.29, 0.717) is 5.75 Å². The van der Waals surface area contributed by atoms with Gasteiger partial charge in [0.05, 0.1) is 12.1 Å². The molecule has 1 saturated carbocycles. The van der Waals surface area contributed by atoms with Crippen LogP contribution in [0.4, 0.5) is 0 Å². The molecule has 0 aliphatic heterocycles. The molecule has 3 rings (SSSR count). The van der Waals surface area contributed by atoms with E-state index < -0.39 is 0 Å². The molecule has 181 valence electrons. The minimum absolute atomic E-state index is 0. The molecule has 0 aromatic heterocycles. The summed E-state index contributed by atoms with van der Waals surface area (Å²) < 4.78 is 0. The van der Waals surface area contributed by atoms with Crippen molar-refractivity contribution in [2.24, 2.45) is 9.98 Å². The molecule has 2 aromatic rings. The van der Waals surface area contributed by atoms with Crippen molar-refractivity contribution in [3.8, 4) is 11.5 Å². The van der Waals surface area contributed by atoms with Crippen LogP contribution in [0, 0.1) is 0 Å². The second-order valence-corrected chi connectivity index (χ2v) is 11.0. The summed E-state index contributed by atoms with van der Waals surface area (Å²) >= 11 is 0. The quantitative estimate of drug-likeness (QED) is 0.475. The van der Waals surface area contributed by atoms with Gasteiger partial charge in [0.25, 0.3) is 0 Å². The van der Waals surface area contributed by atoms with Crippen molar-refractivity contribution in [1.29, 1.82) is 0 Å². The summed E-state index contributed by atoms with van der Waals surface area (Å²) in [7, 11) is 0. The van der Waals surface area contributed by atoms with Crippen molar-refractivity contribution in [3.05, 3.63) is 58.7 Å². The number of benzene rings is 2. The van der Waals surface area contributed by atoms with Crippen molar-refractivity contribution in [2.45, 2.75) is 90.1 Å². The Bertz CT molecular complexity index is 1000. The van der Waals surface area contributed by atoms with E-state index in [1.165, 1.54) is 5.56 Å². The normalized spacial score (nSPS) is 19.7. The van der Waals surface area contributed by atoms with Gasteiger partial charge in [-0.15, -0.1) is 0 Å². The largest absolute Gasteiger partial charge is 0.507 e. The zero-order valence-corrected chi connectivity index (χ0v) is 21.8. The van der Waals surface area contributed by atoms with E-state index in [4.69, 9.17) is 9.98 Å².